The summed E-state index contributed by atoms with van der Waals surface area (Å²) in [6.45, 7) is 0. The first-order chi connectivity index (χ1) is 7.18. The second-order valence-electron chi connectivity index (χ2n) is 2.91. The number of carbonyl (C=O) groups excluding carboxylic acids is 1. The molecule has 0 saturated carbocycles. The predicted molar refractivity (Wildman–Crippen MR) is 49.8 cm³/mol. The van der Waals surface area contributed by atoms with Crippen molar-refractivity contribution in [2.45, 2.75) is 0 Å². The molecule has 2 aromatic heterocycles. The van der Waals surface area contributed by atoms with Crippen LogP contribution in [0, 0.1) is 0 Å². The van der Waals surface area contributed by atoms with Gasteiger partial charge in [-0.15, -0.1) is 0 Å². The number of nitrogens with zero attached hydrogens (tertiary/aromatic N) is 1. The van der Waals surface area contributed by atoms with Gasteiger partial charge in [-0.2, -0.15) is 5.10 Å². The van der Waals surface area contributed by atoms with Gasteiger partial charge in [-0.3, -0.25) is 9.89 Å². The molecule has 0 aliphatic carbocycles. The summed E-state index contributed by atoms with van der Waals surface area (Å²) in [5.41, 5.74) is 0.598. The van der Waals surface area contributed by atoms with Gasteiger partial charge < -0.3 is 10.1 Å². The van der Waals surface area contributed by atoms with Crippen molar-refractivity contribution in [3.63, 3.8) is 0 Å². The Labute approximate surface area is 83.9 Å². The summed E-state index contributed by atoms with van der Waals surface area (Å²) >= 11 is 0. The highest BCUT2D eigenvalue weighted by Gasteiger charge is 2.14. The molecule has 0 amide bonds. The van der Waals surface area contributed by atoms with Crippen LogP contribution >= 0.6 is 0 Å². The number of carboxylic acid groups (broad SMARTS) is 1. The SMILES string of the molecule is O=C(O)c1cc(C(=O)c2ccn[nH]2)c[nH]1. The van der Waals surface area contributed by atoms with Crippen LogP contribution < -0.4 is 0 Å². The first-order valence-electron chi connectivity index (χ1n) is 4.14. The monoisotopic (exact) mass is 205 g/mol. The highest BCUT2D eigenvalue weighted by Crippen LogP contribution is 2.08. The van der Waals surface area contributed by atoms with Crippen molar-refractivity contribution < 1.29 is 14.7 Å². The fraction of sp³-hybridized carbons (Fsp3) is 0. The average Bonchev–Trinajstić information content (AvgIpc) is 2.88. The van der Waals surface area contributed by atoms with E-state index in [1.54, 1.807) is 0 Å². The maximum absolute atomic E-state index is 11.7. The number of ketones is 1. The number of hydrogen-bond acceptors (Lipinski definition) is 3. The Hall–Kier alpha value is -2.37. The molecule has 0 atom stereocenters. The van der Waals surface area contributed by atoms with Crippen LogP contribution in [0.4, 0.5) is 0 Å². The third kappa shape index (κ3) is 1.64. The zero-order valence-corrected chi connectivity index (χ0v) is 7.52. The van der Waals surface area contributed by atoms with Gasteiger partial charge in [0.2, 0.25) is 5.78 Å². The highest BCUT2D eigenvalue weighted by molar-refractivity contribution is 6.08. The maximum Gasteiger partial charge on any atom is 0.352 e. The minimum absolute atomic E-state index is 0.0159. The molecule has 0 fully saturated rings. The van der Waals surface area contributed by atoms with Crippen LogP contribution in [-0.2, 0) is 0 Å². The topological polar surface area (TPSA) is 98.8 Å². The lowest BCUT2D eigenvalue weighted by molar-refractivity contribution is 0.0691. The highest BCUT2D eigenvalue weighted by atomic mass is 16.4. The molecule has 6 heteroatoms. The molecule has 2 aromatic rings. The molecule has 0 radical (unpaired) electrons. The van der Waals surface area contributed by atoms with E-state index in [0.29, 0.717) is 5.69 Å². The van der Waals surface area contributed by atoms with E-state index in [4.69, 9.17) is 5.11 Å². The van der Waals surface area contributed by atoms with Crippen LogP contribution in [0.3, 0.4) is 0 Å². The van der Waals surface area contributed by atoms with Gasteiger partial charge >= 0.3 is 5.97 Å². The molecule has 76 valence electrons. The smallest absolute Gasteiger partial charge is 0.352 e. The number of aromatic nitrogens is 3. The van der Waals surface area contributed by atoms with E-state index in [-0.39, 0.29) is 17.0 Å². The second kappa shape index (κ2) is 3.41. The lowest BCUT2D eigenvalue weighted by Gasteiger charge is -1.90. The molecule has 6 nitrogen and oxygen atoms in total. The van der Waals surface area contributed by atoms with Crippen molar-refractivity contribution >= 4 is 11.8 Å². The van der Waals surface area contributed by atoms with Gasteiger partial charge in [0, 0.05) is 18.0 Å². The average molecular weight is 205 g/mol. The van der Waals surface area contributed by atoms with Crippen molar-refractivity contribution in [3.8, 4) is 0 Å². The first-order valence-corrected chi connectivity index (χ1v) is 4.14. The lowest BCUT2D eigenvalue weighted by Crippen LogP contribution is -2.00. The molecule has 2 rings (SSSR count). The summed E-state index contributed by atoms with van der Waals surface area (Å²) < 4.78 is 0. The fourth-order valence-electron chi connectivity index (χ4n) is 1.19. The summed E-state index contributed by atoms with van der Waals surface area (Å²) in [5, 5.41) is 14.8. The zero-order valence-electron chi connectivity index (χ0n) is 7.52. The van der Waals surface area contributed by atoms with Gasteiger partial charge in [-0.05, 0) is 12.1 Å². The second-order valence-corrected chi connectivity index (χ2v) is 2.91. The van der Waals surface area contributed by atoms with Crippen LogP contribution in [0.15, 0.2) is 24.5 Å². The standard InChI is InChI=1S/C9H7N3O3/c13-8(6-1-2-11-12-6)5-3-7(9(14)15)10-4-5/h1-4,10H,(H,11,12)(H,14,15). The van der Waals surface area contributed by atoms with Crippen LogP contribution in [0.5, 0.6) is 0 Å². The predicted octanol–water partition coefficient (Wildman–Crippen LogP) is 0.667. The molecule has 0 aliphatic heterocycles. The Morgan fingerprint density at radius 1 is 1.33 bits per heavy atom. The third-order valence-corrected chi connectivity index (χ3v) is 1.92. The van der Waals surface area contributed by atoms with E-state index < -0.39 is 5.97 Å². The molecule has 0 aliphatic rings. The van der Waals surface area contributed by atoms with Gasteiger partial charge in [0.25, 0.3) is 0 Å². The molecular formula is C9H7N3O3. The number of carboxylic acids is 1. The van der Waals surface area contributed by atoms with E-state index >= 15 is 0 Å². The Bertz CT molecular complexity index is 498. The maximum atomic E-state index is 11.7. The van der Waals surface area contributed by atoms with E-state index in [1.165, 1.54) is 24.5 Å². The normalized spacial score (nSPS) is 10.1. The Morgan fingerprint density at radius 2 is 2.13 bits per heavy atom. The molecule has 3 N–H and O–H groups in total. The number of rotatable bonds is 3. The summed E-state index contributed by atoms with van der Waals surface area (Å²) in [6.07, 6.45) is 2.81. The molecular weight excluding hydrogens is 198 g/mol. The van der Waals surface area contributed by atoms with E-state index in [9.17, 15) is 9.59 Å². The third-order valence-electron chi connectivity index (χ3n) is 1.92. The molecule has 0 saturated heterocycles. The van der Waals surface area contributed by atoms with E-state index in [0.717, 1.165) is 0 Å². The van der Waals surface area contributed by atoms with Gasteiger partial charge in [0.1, 0.15) is 11.4 Å². The van der Waals surface area contributed by atoms with Crippen molar-refractivity contribution in [3.05, 3.63) is 41.5 Å². The summed E-state index contributed by atoms with van der Waals surface area (Å²) in [4.78, 5) is 24.7. The molecule has 15 heavy (non-hydrogen) atoms. The zero-order chi connectivity index (χ0) is 10.8. The number of carbonyl (C=O) groups is 2. The van der Waals surface area contributed by atoms with Crippen LogP contribution in [0.1, 0.15) is 26.5 Å². The Balaban J connectivity index is 2.31. The number of H-pyrrole nitrogens is 2. The molecule has 0 aromatic carbocycles. The largest absolute Gasteiger partial charge is 0.477 e. The number of aromatic carboxylic acids is 1. The van der Waals surface area contributed by atoms with Gasteiger partial charge in [0.15, 0.2) is 0 Å². The summed E-state index contributed by atoms with van der Waals surface area (Å²) in [5.74, 6) is -1.39. The molecule has 0 unspecified atom stereocenters. The van der Waals surface area contributed by atoms with Crippen molar-refractivity contribution in [1.29, 1.82) is 0 Å². The quantitative estimate of drug-likeness (QED) is 0.641. The Morgan fingerprint density at radius 3 is 2.67 bits per heavy atom. The minimum atomic E-state index is -1.10. The van der Waals surface area contributed by atoms with Gasteiger partial charge in [-0.25, -0.2) is 4.79 Å². The summed E-state index contributed by atoms with van der Waals surface area (Å²) in [6, 6.07) is 2.81. The lowest BCUT2D eigenvalue weighted by atomic mass is 10.1. The van der Waals surface area contributed by atoms with Crippen LogP contribution in [0.2, 0.25) is 0 Å². The molecule has 0 bridgehead atoms. The number of nitrogens with one attached hydrogen (secondary N) is 2. The molecule has 2 heterocycles. The fourth-order valence-corrected chi connectivity index (χ4v) is 1.19. The summed E-state index contributed by atoms with van der Waals surface area (Å²) in [7, 11) is 0. The van der Waals surface area contributed by atoms with Gasteiger partial charge in [-0.1, -0.05) is 0 Å². The first kappa shape index (κ1) is 9.20. The van der Waals surface area contributed by atoms with Crippen molar-refractivity contribution in [2.24, 2.45) is 0 Å². The number of hydrogen-bond donors (Lipinski definition) is 3. The van der Waals surface area contributed by atoms with Crippen LogP contribution in [0.25, 0.3) is 0 Å². The van der Waals surface area contributed by atoms with Crippen LogP contribution in [-0.4, -0.2) is 32.0 Å². The molecule has 0 spiro atoms. The van der Waals surface area contributed by atoms with E-state index in [1.807, 2.05) is 0 Å². The Kier molecular flexibility index (Phi) is 2.09. The van der Waals surface area contributed by atoms with Crippen molar-refractivity contribution in [2.75, 3.05) is 0 Å². The minimum Gasteiger partial charge on any atom is -0.477 e. The van der Waals surface area contributed by atoms with E-state index in [2.05, 4.69) is 15.2 Å². The van der Waals surface area contributed by atoms with Gasteiger partial charge in [0.05, 0.1) is 0 Å². The number of aromatic amines is 2. The van der Waals surface area contributed by atoms with Crippen molar-refractivity contribution in [1.82, 2.24) is 15.2 Å².